The zero-order valence-electron chi connectivity index (χ0n) is 14.4. The van der Waals surface area contributed by atoms with Gasteiger partial charge in [-0.05, 0) is 19.8 Å². The molecule has 0 unspecified atom stereocenters. The fraction of sp³-hybridized carbons (Fsp3) is 0.867. The molecule has 1 amide bonds. The van der Waals surface area contributed by atoms with Crippen molar-refractivity contribution >= 4 is 11.9 Å². The Bertz CT molecular complexity index is 407. The summed E-state index contributed by atoms with van der Waals surface area (Å²) in [5.41, 5.74) is 1.49. The summed E-state index contributed by atoms with van der Waals surface area (Å²) in [4.78, 5) is 26.6. The van der Waals surface area contributed by atoms with Crippen LogP contribution >= 0.6 is 0 Å². The smallest absolute Gasteiger partial charge is 0.388 e. The van der Waals surface area contributed by atoms with Crippen molar-refractivity contribution in [1.29, 1.82) is 0 Å². The standard InChI is InChI=1S/C15H28N2O7/c1-9-13(20)14(21)12(17-10(2)18)15(23-9)22-8-6-4-5-7-16-24-11(3)19/h9,12-16,20-21H,4-8H2,1-3H3,(H,17,18)/q+1/p+1/t9-,12-,13+,14-,15-/m1/s1. The molecule has 0 aromatic carbocycles. The maximum atomic E-state index is 11.3. The van der Waals surface area contributed by atoms with Gasteiger partial charge >= 0.3 is 5.97 Å². The zero-order valence-corrected chi connectivity index (χ0v) is 14.4. The second-order valence-corrected chi connectivity index (χ2v) is 5.91. The Labute approximate surface area is 141 Å². The molecule has 139 valence electrons. The molecule has 1 rings (SSSR count). The number of hydrogen-bond donors (Lipinski definition) is 4. The summed E-state index contributed by atoms with van der Waals surface area (Å²) in [6.45, 7) is 5.39. The van der Waals surface area contributed by atoms with E-state index < -0.39 is 30.6 Å². The lowest BCUT2D eigenvalue weighted by atomic mass is 9.97. The second kappa shape index (κ2) is 10.6. The predicted octanol–water partition coefficient (Wildman–Crippen LogP) is -1.81. The van der Waals surface area contributed by atoms with Gasteiger partial charge in [-0.3, -0.25) is 4.79 Å². The van der Waals surface area contributed by atoms with Crippen molar-refractivity contribution < 1.29 is 39.6 Å². The number of ether oxygens (including phenoxy) is 2. The highest BCUT2D eigenvalue weighted by molar-refractivity contribution is 5.73. The van der Waals surface area contributed by atoms with Crippen molar-refractivity contribution in [2.75, 3.05) is 13.2 Å². The summed E-state index contributed by atoms with van der Waals surface area (Å²) in [5, 5.41) is 22.5. The highest BCUT2D eigenvalue weighted by Crippen LogP contribution is 2.22. The van der Waals surface area contributed by atoms with E-state index in [2.05, 4.69) is 5.32 Å². The molecule has 0 aliphatic carbocycles. The molecule has 1 aliphatic rings. The van der Waals surface area contributed by atoms with Crippen molar-refractivity contribution in [3.05, 3.63) is 0 Å². The summed E-state index contributed by atoms with van der Waals surface area (Å²) < 4.78 is 11.2. The topological polar surface area (TPSA) is 134 Å². The first-order valence-corrected chi connectivity index (χ1v) is 8.22. The number of nitrogens with two attached hydrogens (primary N) is 1. The zero-order chi connectivity index (χ0) is 18.1. The molecule has 1 radical (unpaired) electrons. The van der Waals surface area contributed by atoms with Crippen LogP contribution < -0.4 is 10.8 Å². The maximum absolute atomic E-state index is 11.3. The molecule has 0 saturated carbocycles. The monoisotopic (exact) mass is 349 g/mol. The average Bonchev–Trinajstić information content (AvgIpc) is 2.50. The van der Waals surface area contributed by atoms with Crippen LogP contribution in [0.2, 0.25) is 0 Å². The van der Waals surface area contributed by atoms with Gasteiger partial charge in [0, 0.05) is 20.0 Å². The molecule has 1 fully saturated rings. The summed E-state index contributed by atoms with van der Waals surface area (Å²) >= 11 is 0. The third kappa shape index (κ3) is 7.10. The van der Waals surface area contributed by atoms with Gasteiger partial charge in [-0.1, -0.05) is 10.3 Å². The number of amides is 1. The van der Waals surface area contributed by atoms with Gasteiger partial charge in [-0.2, -0.15) is 0 Å². The fourth-order valence-corrected chi connectivity index (χ4v) is 2.44. The maximum Gasteiger partial charge on any atom is 0.635 e. The molecule has 0 bridgehead atoms. The lowest BCUT2D eigenvalue weighted by Crippen LogP contribution is -2.83. The quantitative estimate of drug-likeness (QED) is 0.219. The minimum Gasteiger partial charge on any atom is -0.388 e. The normalized spacial score (nSPS) is 30.0. The SMILES string of the molecule is CC(=O)N[C@H]1[C@H](OCCCCC[NH2+]OC(C)=[O+])O[C@H](C)[C@H](O)[C@@H]1O. The van der Waals surface area contributed by atoms with Crippen LogP contribution in [-0.4, -0.2) is 65.9 Å². The Morgan fingerprint density at radius 1 is 1.25 bits per heavy atom. The van der Waals surface area contributed by atoms with E-state index >= 15 is 0 Å². The van der Waals surface area contributed by atoms with Gasteiger partial charge in [0.25, 0.3) is 0 Å². The van der Waals surface area contributed by atoms with Crippen molar-refractivity contribution in [2.45, 2.75) is 70.7 Å². The Hall–Kier alpha value is -1.26. The van der Waals surface area contributed by atoms with Crippen LogP contribution in [0.3, 0.4) is 0 Å². The predicted molar refractivity (Wildman–Crippen MR) is 82.3 cm³/mol. The van der Waals surface area contributed by atoms with E-state index in [0.717, 1.165) is 19.3 Å². The van der Waals surface area contributed by atoms with E-state index in [0.29, 0.717) is 13.2 Å². The Balaban J connectivity index is 2.30. The second-order valence-electron chi connectivity index (χ2n) is 5.91. The van der Waals surface area contributed by atoms with E-state index in [1.54, 1.807) is 6.92 Å². The van der Waals surface area contributed by atoms with Gasteiger partial charge in [-0.15, -0.1) is 0 Å². The number of nitrogens with one attached hydrogen (secondary N) is 1. The molecule has 1 heterocycles. The molecule has 24 heavy (non-hydrogen) atoms. The van der Waals surface area contributed by atoms with Gasteiger partial charge in [0.15, 0.2) is 6.29 Å². The molecule has 5 atom stereocenters. The minimum absolute atomic E-state index is 0.327. The highest BCUT2D eigenvalue weighted by Gasteiger charge is 2.43. The van der Waals surface area contributed by atoms with Gasteiger partial charge in [0.05, 0.1) is 10.9 Å². The number of hydroxylamine groups is 1. The molecule has 9 heteroatoms. The van der Waals surface area contributed by atoms with Crippen LogP contribution in [-0.2, 0) is 23.9 Å². The third-order valence-electron chi connectivity index (χ3n) is 3.71. The Morgan fingerprint density at radius 3 is 2.58 bits per heavy atom. The first kappa shape index (κ1) is 20.8. The molecular weight excluding hydrogens is 320 g/mol. The van der Waals surface area contributed by atoms with Crippen LogP contribution in [0.4, 0.5) is 0 Å². The number of carbonyl (C=O) groups excluding carboxylic acids is 2. The van der Waals surface area contributed by atoms with Gasteiger partial charge in [0.1, 0.15) is 31.7 Å². The largest absolute Gasteiger partial charge is 0.635 e. The van der Waals surface area contributed by atoms with E-state index in [-0.39, 0.29) is 11.9 Å². The van der Waals surface area contributed by atoms with Gasteiger partial charge < -0.3 is 25.0 Å². The van der Waals surface area contributed by atoms with Crippen LogP contribution in [0.5, 0.6) is 0 Å². The van der Waals surface area contributed by atoms with E-state index in [9.17, 15) is 19.8 Å². The fourth-order valence-electron chi connectivity index (χ4n) is 2.44. The molecule has 1 aliphatic heterocycles. The molecule has 0 aromatic rings. The molecule has 9 nitrogen and oxygen atoms in total. The Kier molecular flexibility index (Phi) is 9.16. The van der Waals surface area contributed by atoms with Crippen molar-refractivity contribution in [2.24, 2.45) is 0 Å². The van der Waals surface area contributed by atoms with Crippen molar-refractivity contribution in [3.8, 4) is 0 Å². The highest BCUT2D eigenvalue weighted by atomic mass is 16.7. The number of rotatable bonds is 9. The summed E-state index contributed by atoms with van der Waals surface area (Å²) in [7, 11) is 0. The summed E-state index contributed by atoms with van der Waals surface area (Å²) in [6, 6.07) is -0.814. The van der Waals surface area contributed by atoms with Crippen molar-refractivity contribution in [3.63, 3.8) is 0 Å². The van der Waals surface area contributed by atoms with Crippen molar-refractivity contribution in [1.82, 2.24) is 5.32 Å². The number of aliphatic hydroxyl groups is 2. The average molecular weight is 349 g/mol. The van der Waals surface area contributed by atoms with Gasteiger partial charge in [-0.25, -0.2) is 0 Å². The first-order valence-electron chi connectivity index (χ1n) is 8.22. The first-order chi connectivity index (χ1) is 11.3. The number of aliphatic hydroxyl groups excluding tert-OH is 2. The van der Waals surface area contributed by atoms with Crippen LogP contribution in [0, 0.1) is 0 Å². The number of quaternary nitrogens is 1. The molecule has 5 N–H and O–H groups in total. The molecule has 1 saturated heterocycles. The number of carbonyl (C=O) groups is 2. The number of unbranched alkanes of at least 4 members (excludes halogenated alkanes) is 2. The lowest BCUT2D eigenvalue weighted by Gasteiger charge is -2.41. The van der Waals surface area contributed by atoms with Crippen LogP contribution in [0.1, 0.15) is 40.0 Å². The van der Waals surface area contributed by atoms with E-state index in [4.69, 9.17) is 14.3 Å². The van der Waals surface area contributed by atoms with E-state index in [1.165, 1.54) is 19.3 Å². The summed E-state index contributed by atoms with van der Waals surface area (Å²) in [6.07, 6.45) is -1.15. The minimum atomic E-state index is -1.15. The van der Waals surface area contributed by atoms with E-state index in [1.807, 2.05) is 0 Å². The lowest BCUT2D eigenvalue weighted by molar-refractivity contribution is -0.872. The van der Waals surface area contributed by atoms with Crippen LogP contribution in [0.25, 0.3) is 0 Å². The third-order valence-corrected chi connectivity index (χ3v) is 3.71. The Morgan fingerprint density at radius 2 is 1.96 bits per heavy atom. The van der Waals surface area contributed by atoms with Gasteiger partial charge in [0.2, 0.25) is 5.91 Å². The van der Waals surface area contributed by atoms with Crippen LogP contribution in [0.15, 0.2) is 0 Å². The molecular formula is C15H29N2O7+2. The summed E-state index contributed by atoms with van der Waals surface area (Å²) in [5.74, 6) is -0.661. The molecule has 0 spiro atoms. The molecule has 0 aromatic heterocycles. The number of hydrogen-bond acceptors (Lipinski definition) is 7.